The van der Waals surface area contributed by atoms with Gasteiger partial charge in [-0.3, -0.25) is 39.5 Å². The van der Waals surface area contributed by atoms with Gasteiger partial charge in [0.05, 0.1) is 104 Å². The van der Waals surface area contributed by atoms with Crippen LogP contribution in [0.25, 0.3) is 111 Å². The number of pyridine rings is 5. The fourth-order valence-electron chi connectivity index (χ4n) is 20.4. The zero-order valence-electron chi connectivity index (χ0n) is 71.9. The van der Waals surface area contributed by atoms with Gasteiger partial charge >= 0.3 is 0 Å². The van der Waals surface area contributed by atoms with E-state index in [0.717, 1.165) is 225 Å². The van der Waals surface area contributed by atoms with E-state index in [1.54, 1.807) is 0 Å². The molecule has 0 bridgehead atoms. The number of anilines is 5. The van der Waals surface area contributed by atoms with Gasteiger partial charge in [0, 0.05) is 188 Å². The summed E-state index contributed by atoms with van der Waals surface area (Å²) in [6.45, 7) is 29.4. The first kappa shape index (κ1) is 77.5. The number of ether oxygens (including phenoxy) is 2. The second kappa shape index (κ2) is 31.9. The summed E-state index contributed by atoms with van der Waals surface area (Å²) >= 11 is 0. The molecule has 10 aliphatic rings. The lowest BCUT2D eigenvalue weighted by molar-refractivity contribution is 0.0838. The minimum atomic E-state index is 0.325. The van der Waals surface area contributed by atoms with Crippen molar-refractivity contribution in [3.05, 3.63) is 133 Å². The van der Waals surface area contributed by atoms with Gasteiger partial charge in [-0.05, 0) is 176 Å². The first-order valence-corrected chi connectivity index (χ1v) is 44.9. The van der Waals surface area contributed by atoms with E-state index in [1.807, 2.05) is 70.7 Å². The Morgan fingerprint density at radius 3 is 0.828 bits per heavy atom. The molecule has 5 N–H and O–H groups in total. The predicted octanol–water partition coefficient (Wildman–Crippen LogP) is 18.0. The second-order valence-electron chi connectivity index (χ2n) is 36.3. The first-order chi connectivity index (χ1) is 59.6. The van der Waals surface area contributed by atoms with E-state index >= 15 is 0 Å². The molecule has 25 rings (SSSR count). The molecule has 0 spiro atoms. The van der Waals surface area contributed by atoms with Crippen LogP contribution in [0.15, 0.2) is 104 Å². The fourth-order valence-corrected chi connectivity index (χ4v) is 20.4. The van der Waals surface area contributed by atoms with Gasteiger partial charge in [-0.1, -0.05) is 38.5 Å². The van der Waals surface area contributed by atoms with Gasteiger partial charge in [0.1, 0.15) is 57.6 Å². The zero-order chi connectivity index (χ0) is 82.7. The second-order valence-corrected chi connectivity index (χ2v) is 36.3. The number of aromatic amines is 5. The summed E-state index contributed by atoms with van der Waals surface area (Å²) in [6.07, 6.45) is 39.9. The van der Waals surface area contributed by atoms with E-state index in [-0.39, 0.29) is 0 Å². The molecule has 15 aromatic heterocycles. The van der Waals surface area contributed by atoms with Gasteiger partial charge in [-0.15, -0.1) is 0 Å². The SMILES string of the molecule is CC(C)n1cc2c(n1)CN(C1CC1)c1nccc3[nH]nc-2c13.CC(C)n1cc2c(n1)CN(C1CCCCC1)c1nccc3[nH]nc-2c13.CC(C)n1cc2c(n1)CN(C1CCOCC1)c1nccc3[nH]nc-2c13.CC(C)n1ccc2c1CN(C1CCCCC1)c1nccc3[nH]nc-2c13.CC(C)n1ccc2c1CN(C1CCOCC1)c1nccc3[nH]nc-2c13. The predicted molar refractivity (Wildman–Crippen MR) is 477 cm³/mol. The number of aromatic nitrogens is 23. The average molecular weight is 1640 g/mol. The lowest BCUT2D eigenvalue weighted by Crippen LogP contribution is -2.40. The highest BCUT2D eigenvalue weighted by Crippen LogP contribution is 2.49. The minimum absolute atomic E-state index is 0.325. The molecule has 3 saturated carbocycles. The highest BCUT2D eigenvalue weighted by Gasteiger charge is 2.40. The normalized spacial score (nSPS) is 17.8. The number of fused-ring (bicyclic) bond motifs is 10. The van der Waals surface area contributed by atoms with Crippen molar-refractivity contribution in [1.29, 1.82) is 0 Å². The Morgan fingerprint density at radius 1 is 0.295 bits per heavy atom. The lowest BCUT2D eigenvalue weighted by atomic mass is 9.94. The van der Waals surface area contributed by atoms with Gasteiger partial charge in [0.15, 0.2) is 0 Å². The maximum absolute atomic E-state index is 5.60. The van der Waals surface area contributed by atoms with Gasteiger partial charge in [0.2, 0.25) is 0 Å². The monoisotopic (exact) mass is 1640 g/mol. The molecule has 122 heavy (non-hydrogen) atoms. The van der Waals surface area contributed by atoms with Crippen LogP contribution in [-0.2, 0) is 42.2 Å². The molecular formula is C92H112N28O2. The van der Waals surface area contributed by atoms with Crippen LogP contribution in [0.3, 0.4) is 0 Å². The Morgan fingerprint density at radius 2 is 0.557 bits per heavy atom. The van der Waals surface area contributed by atoms with Gasteiger partial charge in [0.25, 0.3) is 0 Å². The van der Waals surface area contributed by atoms with E-state index in [0.29, 0.717) is 60.4 Å². The van der Waals surface area contributed by atoms with Crippen LogP contribution in [-0.4, -0.2) is 171 Å². The molecule has 22 heterocycles. The molecule has 0 atom stereocenters. The Bertz CT molecular complexity index is 5850. The molecule has 632 valence electrons. The van der Waals surface area contributed by atoms with E-state index in [9.17, 15) is 0 Å². The molecular weight excluding hydrogens is 1530 g/mol. The summed E-state index contributed by atoms with van der Waals surface area (Å²) in [7, 11) is 0. The number of hydrogen-bond acceptors (Lipinski definition) is 20. The maximum atomic E-state index is 5.60. The van der Waals surface area contributed by atoms with Crippen LogP contribution in [0, 0.1) is 0 Å². The van der Waals surface area contributed by atoms with E-state index in [1.165, 1.54) is 105 Å². The van der Waals surface area contributed by atoms with E-state index < -0.39 is 0 Å². The smallest absolute Gasteiger partial charge is 0.140 e. The topological polar surface area (TPSA) is 306 Å². The first-order valence-electron chi connectivity index (χ1n) is 44.9. The molecule has 5 fully saturated rings. The largest absolute Gasteiger partial charge is 0.381 e. The highest BCUT2D eigenvalue weighted by atomic mass is 16.5. The third-order valence-corrected chi connectivity index (χ3v) is 27.0. The number of rotatable bonds is 10. The maximum Gasteiger partial charge on any atom is 0.140 e. The number of nitrogens with one attached hydrogen (secondary N) is 5. The summed E-state index contributed by atoms with van der Waals surface area (Å²) in [5, 5.41) is 59.4. The van der Waals surface area contributed by atoms with Crippen molar-refractivity contribution in [2.45, 2.75) is 265 Å². The average Bonchev–Trinajstić information content (AvgIpc) is 1.62. The molecule has 0 aromatic carbocycles. The standard InChI is InChI=1S/C20H25N5.C19H24N6.C19H23N5O.C18H22N6O.C16H18N6/c1-13(2)24-11-9-15-17(24)12-25(14-6-4-3-5-7-14)20-18-16(8-10-21-20)22-23-19(15)18;1-12(2)25-10-14-16(23-25)11-24(13-6-4-3-5-7-13)19-17-15(8-9-20-19)21-22-18(14)17;1-12(2)23-8-4-14-16(23)11-24(13-5-9-25-10-6-13)19-17-15(3-7-20-19)21-22-18(14)17;1-11(2)24-9-13-15(22-24)10-23(12-4-7-25-8-5-12)18-16-14(3-6-19-18)20-21-17(13)16;1-9(2)22-7-11-13(20-22)8-21(10-3-4-10)16-14-12(5-6-17-16)18-19-15(11)14/h8-11,13-14H,3-7,12H2,1-2H3,(H,22,23);8-10,12-13H,3-7,11H2,1-2H3,(H,21,22);3-4,7-8,12-13H,5-6,9-11H2,1-2H3,(H,21,22);3,6,9,11-12H,4-5,7-8,10H2,1-2H3,(H,20,21);5-7,9-10H,3-4,8H2,1-2H3,(H,18,19). The summed E-state index contributed by atoms with van der Waals surface area (Å²) in [5.74, 6) is 5.31. The summed E-state index contributed by atoms with van der Waals surface area (Å²) in [4.78, 5) is 36.1. The molecule has 15 aromatic rings. The van der Waals surface area contributed by atoms with Gasteiger partial charge < -0.3 is 43.1 Å². The van der Waals surface area contributed by atoms with Crippen molar-refractivity contribution >= 4 is 83.6 Å². The summed E-state index contributed by atoms with van der Waals surface area (Å²) in [5.41, 5.74) is 22.2. The van der Waals surface area contributed by atoms with Crippen LogP contribution in [0.2, 0.25) is 0 Å². The molecule has 30 heteroatoms. The van der Waals surface area contributed by atoms with Crippen molar-refractivity contribution in [3.8, 4) is 56.3 Å². The highest BCUT2D eigenvalue weighted by molar-refractivity contribution is 6.06. The van der Waals surface area contributed by atoms with Crippen LogP contribution in [0.4, 0.5) is 29.1 Å². The Balaban J connectivity index is 0.0000000940. The number of hydrogen-bond donors (Lipinski definition) is 5. The number of H-pyrrole nitrogens is 5. The van der Waals surface area contributed by atoms with Crippen LogP contribution >= 0.6 is 0 Å². The molecule has 0 unspecified atom stereocenters. The molecule has 3 aliphatic carbocycles. The Labute approximate surface area is 709 Å². The minimum Gasteiger partial charge on any atom is -0.381 e. The van der Waals surface area contributed by atoms with Crippen molar-refractivity contribution in [2.75, 3.05) is 50.9 Å². The fraction of sp³-hybridized carbons (Fsp3) is 0.489. The van der Waals surface area contributed by atoms with Crippen LogP contribution in [0.5, 0.6) is 0 Å². The van der Waals surface area contributed by atoms with E-state index in [2.05, 4.69) is 207 Å². The van der Waals surface area contributed by atoms with Crippen LogP contribution < -0.4 is 24.5 Å². The molecule has 30 nitrogen and oxygen atoms in total. The lowest BCUT2D eigenvalue weighted by Gasteiger charge is -2.35. The molecule has 0 amide bonds. The third-order valence-electron chi connectivity index (χ3n) is 27.0. The Kier molecular flexibility index (Phi) is 20.3. The Hall–Kier alpha value is -11.8. The zero-order valence-corrected chi connectivity index (χ0v) is 71.9. The molecule has 0 radical (unpaired) electrons. The van der Waals surface area contributed by atoms with Crippen molar-refractivity contribution in [3.63, 3.8) is 0 Å². The van der Waals surface area contributed by atoms with Crippen molar-refractivity contribution < 1.29 is 9.47 Å². The summed E-state index contributed by atoms with van der Waals surface area (Å²) < 4.78 is 22.1. The quantitative estimate of drug-likeness (QED) is 0.0849. The summed E-state index contributed by atoms with van der Waals surface area (Å²) in [6, 6.07) is 19.0. The van der Waals surface area contributed by atoms with Crippen molar-refractivity contribution in [2.24, 2.45) is 0 Å². The van der Waals surface area contributed by atoms with E-state index in [4.69, 9.17) is 44.7 Å². The van der Waals surface area contributed by atoms with Crippen LogP contribution in [0.1, 0.15) is 231 Å². The van der Waals surface area contributed by atoms with Gasteiger partial charge in [-0.2, -0.15) is 40.8 Å². The number of nitrogens with zero attached hydrogens (tertiary/aromatic N) is 23. The third kappa shape index (κ3) is 13.8. The molecule has 2 saturated heterocycles. The van der Waals surface area contributed by atoms with Crippen molar-refractivity contribution in [1.82, 2.24) is 114 Å². The van der Waals surface area contributed by atoms with Gasteiger partial charge in [-0.25, -0.2) is 24.9 Å². The molecule has 7 aliphatic heterocycles.